The third kappa shape index (κ3) is 5.48. The maximum atomic E-state index is 11.6. The van der Waals surface area contributed by atoms with Crippen molar-refractivity contribution in [2.24, 2.45) is 16.3 Å². The smallest absolute Gasteiger partial charge is 0.311 e. The van der Waals surface area contributed by atoms with Crippen LogP contribution < -0.4 is 11.1 Å². The number of hydrogen-bond donors (Lipinski definition) is 3. The van der Waals surface area contributed by atoms with Crippen molar-refractivity contribution in [1.29, 1.82) is 0 Å². The molecule has 1 aliphatic rings. The minimum Gasteiger partial charge on any atom is -0.463 e. The molecule has 0 radical (unpaired) electrons. The fourth-order valence-corrected chi connectivity index (χ4v) is 1.61. The zero-order valence-corrected chi connectivity index (χ0v) is 12.1. The molecule has 0 aliphatic carbocycles. The first kappa shape index (κ1) is 16.3. The Bertz CT molecular complexity index is 388. The van der Waals surface area contributed by atoms with Crippen LogP contribution in [0.1, 0.15) is 33.6 Å². The Kier molecular flexibility index (Phi) is 5.82. The largest absolute Gasteiger partial charge is 0.463 e. The second-order valence-electron chi connectivity index (χ2n) is 5.70. The molecular formula is C13H23N3O4. The topological polar surface area (TPSA) is 106 Å². The summed E-state index contributed by atoms with van der Waals surface area (Å²) in [4.78, 5) is 11.6. The molecule has 0 aromatic heterocycles. The van der Waals surface area contributed by atoms with E-state index in [-0.39, 0.29) is 30.7 Å². The van der Waals surface area contributed by atoms with Crippen molar-refractivity contribution in [3.63, 3.8) is 0 Å². The molecule has 1 saturated heterocycles. The molecular weight excluding hydrogens is 262 g/mol. The number of esters is 1. The number of carbonyl (C=O) groups is 1. The second kappa shape index (κ2) is 7.14. The van der Waals surface area contributed by atoms with E-state index < -0.39 is 5.41 Å². The molecule has 0 spiro atoms. The highest BCUT2D eigenvalue weighted by atomic mass is 16.6. The number of carbonyl (C=O) groups excluding carboxylic acids is 1. The molecule has 20 heavy (non-hydrogen) atoms. The average Bonchev–Trinajstić information content (AvgIpc) is 2.82. The number of oxime groups is 1. The number of rotatable bonds is 5. The highest BCUT2D eigenvalue weighted by molar-refractivity contribution is 5.90. The van der Waals surface area contributed by atoms with Gasteiger partial charge in [-0.3, -0.25) is 4.79 Å². The lowest BCUT2D eigenvalue weighted by atomic mass is 9.97. The van der Waals surface area contributed by atoms with E-state index in [0.29, 0.717) is 0 Å². The average molecular weight is 285 g/mol. The van der Waals surface area contributed by atoms with Crippen molar-refractivity contribution in [1.82, 2.24) is 5.32 Å². The summed E-state index contributed by atoms with van der Waals surface area (Å²) in [5, 5.41) is 14.1. The van der Waals surface area contributed by atoms with Crippen LogP contribution in [-0.2, 0) is 14.3 Å². The molecule has 1 fully saturated rings. The van der Waals surface area contributed by atoms with Gasteiger partial charge in [0.25, 0.3) is 0 Å². The summed E-state index contributed by atoms with van der Waals surface area (Å²) in [7, 11) is 0. The Labute approximate surface area is 118 Å². The Balaban J connectivity index is 2.27. The number of hydrogen-bond acceptors (Lipinski definition) is 6. The molecule has 7 heteroatoms. The van der Waals surface area contributed by atoms with E-state index >= 15 is 0 Å². The predicted octanol–water partition coefficient (Wildman–Crippen LogP) is 0.931. The lowest BCUT2D eigenvalue weighted by Gasteiger charge is -2.19. The first-order valence-corrected chi connectivity index (χ1v) is 6.55. The van der Waals surface area contributed by atoms with Gasteiger partial charge in [-0.05, 0) is 39.7 Å². The minimum absolute atomic E-state index is 0.00570. The third-order valence-corrected chi connectivity index (χ3v) is 2.77. The van der Waals surface area contributed by atoms with Crippen LogP contribution in [-0.4, -0.2) is 36.0 Å². The van der Waals surface area contributed by atoms with E-state index in [1.807, 2.05) is 20.8 Å². The number of ether oxygens (including phenoxy) is 2. The zero-order chi connectivity index (χ0) is 15.2. The number of amidine groups is 1. The van der Waals surface area contributed by atoms with E-state index in [1.165, 1.54) is 6.08 Å². The second-order valence-corrected chi connectivity index (χ2v) is 5.70. The molecule has 0 unspecified atom stereocenters. The van der Waals surface area contributed by atoms with Gasteiger partial charge in [-0.15, -0.1) is 0 Å². The SMILES string of the molecule is CC(C)(C)C(=O)OC[C@@H]1CC[C@H](N/C=C\C(N)=N\O)O1. The minimum atomic E-state index is -0.500. The van der Waals surface area contributed by atoms with Gasteiger partial charge in [-0.2, -0.15) is 0 Å². The Morgan fingerprint density at radius 3 is 2.85 bits per heavy atom. The van der Waals surface area contributed by atoms with Gasteiger partial charge in [0.2, 0.25) is 0 Å². The van der Waals surface area contributed by atoms with Crippen molar-refractivity contribution >= 4 is 11.8 Å². The van der Waals surface area contributed by atoms with Crippen molar-refractivity contribution in [3.05, 3.63) is 12.3 Å². The lowest BCUT2D eigenvalue weighted by Crippen LogP contribution is -2.29. The van der Waals surface area contributed by atoms with E-state index in [4.69, 9.17) is 20.4 Å². The highest BCUT2D eigenvalue weighted by Crippen LogP contribution is 2.20. The molecule has 0 aromatic rings. The van der Waals surface area contributed by atoms with Gasteiger partial charge in [0.1, 0.15) is 12.8 Å². The first-order valence-electron chi connectivity index (χ1n) is 6.55. The number of nitrogens with two attached hydrogens (primary N) is 1. The van der Waals surface area contributed by atoms with Gasteiger partial charge in [0, 0.05) is 6.20 Å². The fraction of sp³-hybridized carbons (Fsp3) is 0.692. The van der Waals surface area contributed by atoms with Crippen LogP contribution in [0, 0.1) is 5.41 Å². The van der Waals surface area contributed by atoms with E-state index in [2.05, 4.69) is 10.5 Å². The molecule has 0 aromatic carbocycles. The summed E-state index contributed by atoms with van der Waals surface area (Å²) < 4.78 is 10.9. The van der Waals surface area contributed by atoms with Gasteiger partial charge in [0.15, 0.2) is 5.84 Å². The summed E-state index contributed by atoms with van der Waals surface area (Å²) in [6.07, 6.45) is 4.34. The standard InChI is InChI=1S/C13H23N3O4/c1-13(2,3)12(17)19-8-9-4-5-11(20-9)15-7-6-10(14)16-18/h6-7,9,11,15,18H,4-5,8H2,1-3H3,(H2,14,16)/b7-6-/t9-,11+/m0/s1. The van der Waals surface area contributed by atoms with E-state index in [0.717, 1.165) is 12.8 Å². The molecule has 0 bridgehead atoms. The van der Waals surface area contributed by atoms with Gasteiger partial charge in [-0.25, -0.2) is 0 Å². The number of nitrogens with one attached hydrogen (secondary N) is 1. The van der Waals surface area contributed by atoms with Crippen LogP contribution in [0.4, 0.5) is 0 Å². The maximum Gasteiger partial charge on any atom is 0.311 e. The molecule has 1 rings (SSSR count). The monoisotopic (exact) mass is 285 g/mol. The van der Waals surface area contributed by atoms with Gasteiger partial charge < -0.3 is 25.7 Å². The Morgan fingerprint density at radius 2 is 2.25 bits per heavy atom. The predicted molar refractivity (Wildman–Crippen MR) is 74.0 cm³/mol. The van der Waals surface area contributed by atoms with Gasteiger partial charge in [-0.1, -0.05) is 5.16 Å². The molecule has 0 amide bonds. The summed E-state index contributed by atoms with van der Waals surface area (Å²) >= 11 is 0. The van der Waals surface area contributed by atoms with Crippen LogP contribution in [0.15, 0.2) is 17.4 Å². The maximum absolute atomic E-state index is 11.6. The van der Waals surface area contributed by atoms with Crippen LogP contribution >= 0.6 is 0 Å². The molecule has 1 heterocycles. The van der Waals surface area contributed by atoms with Gasteiger partial charge >= 0.3 is 5.97 Å². The van der Waals surface area contributed by atoms with Crippen molar-refractivity contribution in [2.45, 2.75) is 45.9 Å². The van der Waals surface area contributed by atoms with Crippen LogP contribution in [0.2, 0.25) is 0 Å². The van der Waals surface area contributed by atoms with Crippen LogP contribution in [0.3, 0.4) is 0 Å². The van der Waals surface area contributed by atoms with Crippen LogP contribution in [0.5, 0.6) is 0 Å². The summed E-state index contributed by atoms with van der Waals surface area (Å²) in [6.45, 7) is 5.70. The van der Waals surface area contributed by atoms with Crippen molar-refractivity contribution in [3.8, 4) is 0 Å². The molecule has 7 nitrogen and oxygen atoms in total. The first-order chi connectivity index (χ1) is 9.32. The quantitative estimate of drug-likeness (QED) is 0.228. The normalized spacial score (nSPS) is 24.1. The third-order valence-electron chi connectivity index (χ3n) is 2.77. The summed E-state index contributed by atoms with van der Waals surface area (Å²) in [6, 6.07) is 0. The van der Waals surface area contributed by atoms with Crippen LogP contribution in [0.25, 0.3) is 0 Å². The lowest BCUT2D eigenvalue weighted by molar-refractivity contribution is -0.157. The Morgan fingerprint density at radius 1 is 1.55 bits per heavy atom. The molecule has 2 atom stereocenters. The highest BCUT2D eigenvalue weighted by Gasteiger charge is 2.28. The fourth-order valence-electron chi connectivity index (χ4n) is 1.61. The Hall–Kier alpha value is -1.76. The summed E-state index contributed by atoms with van der Waals surface area (Å²) in [5.74, 6) is -0.226. The van der Waals surface area contributed by atoms with E-state index in [9.17, 15) is 4.79 Å². The summed E-state index contributed by atoms with van der Waals surface area (Å²) in [5.41, 5.74) is 4.78. The van der Waals surface area contributed by atoms with Gasteiger partial charge in [0.05, 0.1) is 11.5 Å². The zero-order valence-electron chi connectivity index (χ0n) is 12.1. The molecule has 0 saturated carbocycles. The van der Waals surface area contributed by atoms with Crippen molar-refractivity contribution in [2.75, 3.05) is 6.61 Å². The van der Waals surface area contributed by atoms with E-state index in [1.54, 1.807) is 6.20 Å². The molecule has 114 valence electrons. The van der Waals surface area contributed by atoms with Crippen molar-refractivity contribution < 1.29 is 19.5 Å². The number of nitrogens with zero attached hydrogens (tertiary/aromatic N) is 1. The molecule has 1 aliphatic heterocycles. The molecule has 4 N–H and O–H groups in total.